The first-order valence-corrected chi connectivity index (χ1v) is 12.1. The van der Waals surface area contributed by atoms with Crippen LogP contribution in [0, 0.1) is 23.2 Å². The highest BCUT2D eigenvalue weighted by molar-refractivity contribution is 5.36. The Kier molecular flexibility index (Phi) is 7.16. The van der Waals surface area contributed by atoms with Gasteiger partial charge >= 0.3 is 0 Å². The highest BCUT2D eigenvalue weighted by Gasteiger charge is 2.50. The van der Waals surface area contributed by atoms with Gasteiger partial charge in [0.2, 0.25) is 0 Å². The van der Waals surface area contributed by atoms with Crippen molar-refractivity contribution >= 4 is 0 Å². The van der Waals surface area contributed by atoms with Gasteiger partial charge in [0.25, 0.3) is 0 Å². The largest absolute Gasteiger partial charge is 0.393 e. The third-order valence-electron chi connectivity index (χ3n) is 8.36. The van der Waals surface area contributed by atoms with Crippen LogP contribution < -0.4 is 0 Å². The molecule has 2 heteroatoms. The van der Waals surface area contributed by atoms with Crippen LogP contribution in [0.4, 0.5) is 0 Å². The van der Waals surface area contributed by atoms with E-state index in [2.05, 4.69) is 32.6 Å². The molecule has 3 aliphatic carbocycles. The van der Waals surface area contributed by atoms with Gasteiger partial charge in [-0.05, 0) is 100 Å². The molecule has 0 aromatic rings. The third-order valence-corrected chi connectivity index (χ3v) is 8.36. The Hall–Kier alpha value is -0.860. The number of fused-ring (bicyclic) bond motifs is 1. The maximum Gasteiger partial charge on any atom is 0.0591 e. The van der Waals surface area contributed by atoms with E-state index in [-0.39, 0.29) is 6.10 Å². The molecule has 0 spiro atoms. The van der Waals surface area contributed by atoms with E-state index in [9.17, 15) is 10.2 Å². The Morgan fingerprint density at radius 1 is 1.21 bits per heavy atom. The molecule has 5 atom stereocenters. The molecule has 3 fully saturated rings. The van der Waals surface area contributed by atoms with Gasteiger partial charge in [-0.2, -0.15) is 0 Å². The topological polar surface area (TPSA) is 40.5 Å². The van der Waals surface area contributed by atoms with Gasteiger partial charge in [-0.3, -0.25) is 0 Å². The van der Waals surface area contributed by atoms with Crippen molar-refractivity contribution in [1.82, 2.24) is 0 Å². The van der Waals surface area contributed by atoms with Crippen LogP contribution >= 0.6 is 0 Å². The number of hydrogen-bond acceptors (Lipinski definition) is 2. The van der Waals surface area contributed by atoms with Gasteiger partial charge < -0.3 is 10.2 Å². The van der Waals surface area contributed by atoms with Crippen LogP contribution in [0.2, 0.25) is 0 Å². The average Bonchev–Trinajstić information content (AvgIpc) is 2.99. The number of rotatable bonds is 6. The van der Waals surface area contributed by atoms with E-state index in [4.69, 9.17) is 0 Å². The van der Waals surface area contributed by atoms with Crippen LogP contribution in [0.1, 0.15) is 98.3 Å². The Labute approximate surface area is 179 Å². The summed E-state index contributed by atoms with van der Waals surface area (Å²) in [6.45, 7) is 13.1. The monoisotopic (exact) mass is 400 g/mol. The quantitative estimate of drug-likeness (QED) is 0.518. The van der Waals surface area contributed by atoms with Gasteiger partial charge in [-0.15, -0.1) is 0 Å². The van der Waals surface area contributed by atoms with Crippen LogP contribution in [0.15, 0.2) is 35.5 Å². The van der Waals surface area contributed by atoms with Crippen molar-refractivity contribution in [2.45, 2.75) is 110 Å². The molecule has 3 aliphatic rings. The minimum atomic E-state index is -0.535. The highest BCUT2D eigenvalue weighted by atomic mass is 16.3. The number of allylic oxidation sites excluding steroid dienone is 4. The molecule has 164 valence electrons. The molecule has 0 saturated heterocycles. The lowest BCUT2D eigenvalue weighted by atomic mass is 9.60. The zero-order valence-electron chi connectivity index (χ0n) is 19.3. The summed E-state index contributed by atoms with van der Waals surface area (Å²) in [7, 11) is 0. The first kappa shape index (κ1) is 22.8. The van der Waals surface area contributed by atoms with Crippen molar-refractivity contribution in [2.75, 3.05) is 0 Å². The summed E-state index contributed by atoms with van der Waals surface area (Å²) in [5.41, 5.74) is 4.02. The normalized spacial score (nSPS) is 37.2. The fourth-order valence-electron chi connectivity index (χ4n) is 6.67. The molecule has 0 aromatic heterocycles. The third kappa shape index (κ3) is 5.44. The van der Waals surface area contributed by atoms with E-state index in [0.29, 0.717) is 5.41 Å². The van der Waals surface area contributed by atoms with Gasteiger partial charge in [0.05, 0.1) is 11.7 Å². The van der Waals surface area contributed by atoms with Crippen molar-refractivity contribution in [1.29, 1.82) is 0 Å². The molecule has 29 heavy (non-hydrogen) atoms. The summed E-state index contributed by atoms with van der Waals surface area (Å²) >= 11 is 0. The van der Waals surface area contributed by atoms with Crippen LogP contribution in [-0.2, 0) is 0 Å². The Morgan fingerprint density at radius 2 is 1.97 bits per heavy atom. The zero-order chi connectivity index (χ0) is 21.2. The molecule has 0 bridgehead atoms. The summed E-state index contributed by atoms with van der Waals surface area (Å²) in [4.78, 5) is 0. The van der Waals surface area contributed by atoms with Gasteiger partial charge in [0, 0.05) is 0 Å². The Bertz CT molecular complexity index is 650. The SMILES string of the molecule is C=C1CC[C@@H](O)CC1=C/C=C1\CCC[C@]2(C)[C@@H]([C@H](C)CCCC(C)(C)O)CC[C@@H]12. The van der Waals surface area contributed by atoms with Gasteiger partial charge in [-0.1, -0.05) is 56.6 Å². The molecule has 2 N–H and O–H groups in total. The van der Waals surface area contributed by atoms with E-state index < -0.39 is 5.60 Å². The first-order valence-electron chi connectivity index (χ1n) is 12.1. The molecule has 0 amide bonds. The van der Waals surface area contributed by atoms with Gasteiger partial charge in [0.15, 0.2) is 0 Å². The van der Waals surface area contributed by atoms with Crippen molar-refractivity contribution in [3.05, 3.63) is 35.5 Å². The molecular formula is C27H44O2. The first-order chi connectivity index (χ1) is 13.6. The molecule has 0 aliphatic heterocycles. The lowest BCUT2D eigenvalue weighted by Crippen LogP contribution is -2.36. The summed E-state index contributed by atoms with van der Waals surface area (Å²) in [5.74, 6) is 2.26. The van der Waals surface area contributed by atoms with Crippen molar-refractivity contribution in [2.24, 2.45) is 23.2 Å². The second kappa shape index (κ2) is 9.10. The van der Waals surface area contributed by atoms with E-state index in [1.54, 1.807) is 5.57 Å². The fraction of sp³-hybridized carbons (Fsp3) is 0.778. The van der Waals surface area contributed by atoms with Crippen molar-refractivity contribution in [3.8, 4) is 0 Å². The number of aliphatic hydroxyl groups excluding tert-OH is 1. The molecule has 3 rings (SSSR count). The number of aliphatic hydroxyl groups is 2. The molecular weight excluding hydrogens is 356 g/mol. The molecule has 0 radical (unpaired) electrons. The van der Waals surface area contributed by atoms with Crippen LogP contribution in [-0.4, -0.2) is 21.9 Å². The molecule has 0 heterocycles. The standard InChI is InChI=1S/C27H44O2/c1-19-10-13-23(28)18-22(19)12-11-21-9-7-17-27(5)24(14-15-25(21)27)20(2)8-6-16-26(3,4)29/h11-12,20,23-25,28-29H,1,6-10,13-18H2,2-5H3/b21-11+,22-12?/t20-,23-,24-,25+,27-/m1/s1. The van der Waals surface area contributed by atoms with Crippen LogP contribution in [0.5, 0.6) is 0 Å². The second-order valence-electron chi connectivity index (χ2n) is 11.2. The lowest BCUT2D eigenvalue weighted by molar-refractivity contribution is 0.0596. The minimum absolute atomic E-state index is 0.192. The number of hydrogen-bond donors (Lipinski definition) is 2. The average molecular weight is 401 g/mol. The van der Waals surface area contributed by atoms with E-state index in [0.717, 1.165) is 49.9 Å². The smallest absolute Gasteiger partial charge is 0.0591 e. The maximum atomic E-state index is 10.0. The fourth-order valence-corrected chi connectivity index (χ4v) is 6.67. The van der Waals surface area contributed by atoms with E-state index in [1.807, 2.05) is 13.8 Å². The van der Waals surface area contributed by atoms with Gasteiger partial charge in [-0.25, -0.2) is 0 Å². The van der Waals surface area contributed by atoms with E-state index in [1.165, 1.54) is 49.7 Å². The Balaban J connectivity index is 1.68. The Morgan fingerprint density at radius 3 is 2.69 bits per heavy atom. The van der Waals surface area contributed by atoms with Crippen molar-refractivity contribution in [3.63, 3.8) is 0 Å². The van der Waals surface area contributed by atoms with E-state index >= 15 is 0 Å². The predicted molar refractivity (Wildman–Crippen MR) is 123 cm³/mol. The van der Waals surface area contributed by atoms with Gasteiger partial charge in [0.1, 0.15) is 0 Å². The summed E-state index contributed by atoms with van der Waals surface area (Å²) in [6, 6.07) is 0. The molecule has 0 unspecified atom stereocenters. The minimum Gasteiger partial charge on any atom is -0.393 e. The highest BCUT2D eigenvalue weighted by Crippen LogP contribution is 2.60. The van der Waals surface area contributed by atoms with Crippen molar-refractivity contribution < 1.29 is 10.2 Å². The lowest BCUT2D eigenvalue weighted by Gasteiger charge is -2.44. The maximum absolute atomic E-state index is 10.0. The molecule has 0 aromatic carbocycles. The zero-order valence-corrected chi connectivity index (χ0v) is 19.3. The van der Waals surface area contributed by atoms with Crippen LogP contribution in [0.3, 0.4) is 0 Å². The summed E-state index contributed by atoms with van der Waals surface area (Å²) in [6.07, 6.45) is 16.9. The summed E-state index contributed by atoms with van der Waals surface area (Å²) in [5, 5.41) is 20.1. The van der Waals surface area contributed by atoms with Crippen LogP contribution in [0.25, 0.3) is 0 Å². The predicted octanol–water partition coefficient (Wildman–Crippen LogP) is 6.73. The molecule has 2 nitrogen and oxygen atoms in total. The molecule has 3 saturated carbocycles. The summed E-state index contributed by atoms with van der Waals surface area (Å²) < 4.78 is 0. The second-order valence-corrected chi connectivity index (χ2v) is 11.2.